The van der Waals surface area contributed by atoms with Gasteiger partial charge in [0.25, 0.3) is 5.56 Å². The molecule has 0 spiro atoms. The minimum absolute atomic E-state index is 0.281. The molecule has 27 heavy (non-hydrogen) atoms. The second kappa shape index (κ2) is 6.55. The zero-order valence-corrected chi connectivity index (χ0v) is 14.4. The molecule has 0 saturated carbocycles. The van der Waals surface area contributed by atoms with Gasteiger partial charge in [-0.3, -0.25) is 9.36 Å². The van der Waals surface area contributed by atoms with Crippen molar-refractivity contribution in [3.8, 4) is 22.6 Å². The molecular formula is C19H11F3N2O2S. The minimum atomic E-state index is -4.76. The Hall–Kier alpha value is -3.13. The van der Waals surface area contributed by atoms with Gasteiger partial charge in [0, 0.05) is 10.9 Å². The highest BCUT2D eigenvalue weighted by Crippen LogP contribution is 2.31. The van der Waals surface area contributed by atoms with Crippen molar-refractivity contribution in [1.29, 1.82) is 0 Å². The van der Waals surface area contributed by atoms with E-state index in [9.17, 15) is 18.0 Å². The molecule has 0 bridgehead atoms. The standard InChI is InChI=1S/C19H11F3N2O2S/c20-19(21,22)26-14-8-6-13(7-9-14)24-11-23-16-15(10-27-17(16)18(24)25)12-4-2-1-3-5-12/h1-11H. The van der Waals surface area contributed by atoms with Gasteiger partial charge in [-0.25, -0.2) is 4.98 Å². The number of ether oxygens (including phenoxy) is 1. The summed E-state index contributed by atoms with van der Waals surface area (Å²) in [5.41, 5.74) is 2.55. The molecule has 136 valence electrons. The molecule has 0 N–H and O–H groups in total. The van der Waals surface area contributed by atoms with Crippen LogP contribution in [0, 0.1) is 0 Å². The van der Waals surface area contributed by atoms with Gasteiger partial charge in [-0.15, -0.1) is 24.5 Å². The minimum Gasteiger partial charge on any atom is -0.406 e. The molecule has 0 aliphatic heterocycles. The van der Waals surface area contributed by atoms with Crippen molar-refractivity contribution in [2.24, 2.45) is 0 Å². The lowest BCUT2D eigenvalue weighted by molar-refractivity contribution is -0.274. The molecule has 2 aromatic heterocycles. The molecule has 0 atom stereocenters. The van der Waals surface area contributed by atoms with E-state index < -0.39 is 6.36 Å². The summed E-state index contributed by atoms with van der Waals surface area (Å²) in [5, 5.41) is 1.87. The van der Waals surface area contributed by atoms with Crippen molar-refractivity contribution in [2.45, 2.75) is 6.36 Å². The maximum Gasteiger partial charge on any atom is 0.573 e. The third-order valence-corrected chi connectivity index (χ3v) is 4.87. The van der Waals surface area contributed by atoms with E-state index in [1.54, 1.807) is 0 Å². The summed E-state index contributed by atoms with van der Waals surface area (Å²) in [6.45, 7) is 0. The van der Waals surface area contributed by atoms with Gasteiger partial charge in [-0.1, -0.05) is 30.3 Å². The lowest BCUT2D eigenvalue weighted by Crippen LogP contribution is -2.18. The van der Waals surface area contributed by atoms with E-state index >= 15 is 0 Å². The van der Waals surface area contributed by atoms with E-state index in [0.717, 1.165) is 23.3 Å². The van der Waals surface area contributed by atoms with E-state index in [1.165, 1.54) is 34.4 Å². The van der Waals surface area contributed by atoms with E-state index in [0.29, 0.717) is 15.9 Å². The van der Waals surface area contributed by atoms with Crippen molar-refractivity contribution < 1.29 is 17.9 Å². The van der Waals surface area contributed by atoms with Crippen LogP contribution in [-0.2, 0) is 0 Å². The van der Waals surface area contributed by atoms with Crippen LogP contribution in [-0.4, -0.2) is 15.9 Å². The van der Waals surface area contributed by atoms with Gasteiger partial charge < -0.3 is 4.74 Å². The van der Waals surface area contributed by atoms with Crippen molar-refractivity contribution in [3.05, 3.63) is 76.7 Å². The number of hydrogen-bond acceptors (Lipinski definition) is 4. The van der Waals surface area contributed by atoms with Crippen LogP contribution in [0.5, 0.6) is 5.75 Å². The molecule has 0 aliphatic carbocycles. The zero-order chi connectivity index (χ0) is 19.0. The van der Waals surface area contributed by atoms with Gasteiger partial charge >= 0.3 is 6.36 Å². The highest BCUT2D eigenvalue weighted by atomic mass is 32.1. The summed E-state index contributed by atoms with van der Waals surface area (Å²) in [5.74, 6) is -0.351. The lowest BCUT2D eigenvalue weighted by Gasteiger charge is -2.10. The van der Waals surface area contributed by atoms with Crippen LogP contribution in [0.4, 0.5) is 13.2 Å². The summed E-state index contributed by atoms with van der Waals surface area (Å²) < 4.78 is 42.4. The van der Waals surface area contributed by atoms with Gasteiger partial charge in [0.2, 0.25) is 0 Å². The molecule has 0 aliphatic rings. The summed E-state index contributed by atoms with van der Waals surface area (Å²) >= 11 is 1.29. The van der Waals surface area contributed by atoms with E-state index in [1.807, 2.05) is 35.7 Å². The van der Waals surface area contributed by atoms with Crippen LogP contribution < -0.4 is 10.3 Å². The second-order valence-electron chi connectivity index (χ2n) is 5.65. The van der Waals surface area contributed by atoms with E-state index in [2.05, 4.69) is 9.72 Å². The number of thiophene rings is 1. The van der Waals surface area contributed by atoms with Gasteiger partial charge in [0.05, 0.1) is 11.2 Å². The number of halogens is 3. The van der Waals surface area contributed by atoms with Crippen LogP contribution in [0.3, 0.4) is 0 Å². The Labute approximate surface area is 155 Å². The Bertz CT molecular complexity index is 1150. The van der Waals surface area contributed by atoms with Gasteiger partial charge in [0.15, 0.2) is 0 Å². The SMILES string of the molecule is O=c1c2scc(-c3ccccc3)c2ncn1-c1ccc(OC(F)(F)F)cc1. The molecule has 0 amide bonds. The van der Waals surface area contributed by atoms with Crippen LogP contribution in [0.15, 0.2) is 71.1 Å². The van der Waals surface area contributed by atoms with Gasteiger partial charge in [-0.05, 0) is 29.8 Å². The average Bonchev–Trinajstić information content (AvgIpc) is 3.07. The summed E-state index contributed by atoms with van der Waals surface area (Å²) in [6, 6.07) is 14.7. The van der Waals surface area contributed by atoms with Crippen molar-refractivity contribution in [2.75, 3.05) is 0 Å². The second-order valence-corrected chi connectivity index (χ2v) is 6.53. The fourth-order valence-electron chi connectivity index (χ4n) is 2.72. The van der Waals surface area contributed by atoms with E-state index in [4.69, 9.17) is 0 Å². The number of benzene rings is 2. The Morgan fingerprint density at radius 3 is 2.37 bits per heavy atom. The Kier molecular flexibility index (Phi) is 4.19. The predicted octanol–water partition coefficient (Wildman–Crippen LogP) is 5.01. The summed E-state index contributed by atoms with van der Waals surface area (Å²) in [4.78, 5) is 17.2. The molecule has 0 unspecified atom stereocenters. The summed E-state index contributed by atoms with van der Waals surface area (Å²) in [6.07, 6.45) is -3.38. The first kappa shape index (κ1) is 17.3. The molecule has 0 radical (unpaired) electrons. The topological polar surface area (TPSA) is 44.1 Å². The zero-order valence-electron chi connectivity index (χ0n) is 13.6. The molecule has 0 saturated heterocycles. The first-order valence-corrected chi connectivity index (χ1v) is 8.71. The summed E-state index contributed by atoms with van der Waals surface area (Å²) in [7, 11) is 0. The number of rotatable bonds is 3. The van der Waals surface area contributed by atoms with Crippen molar-refractivity contribution >= 4 is 21.6 Å². The maximum atomic E-state index is 12.8. The Balaban J connectivity index is 1.74. The highest BCUT2D eigenvalue weighted by molar-refractivity contribution is 7.17. The van der Waals surface area contributed by atoms with Crippen LogP contribution in [0.1, 0.15) is 0 Å². The third kappa shape index (κ3) is 3.43. The van der Waals surface area contributed by atoms with Crippen molar-refractivity contribution in [3.63, 3.8) is 0 Å². The highest BCUT2D eigenvalue weighted by Gasteiger charge is 2.31. The Morgan fingerprint density at radius 1 is 1.00 bits per heavy atom. The first-order valence-electron chi connectivity index (χ1n) is 7.83. The third-order valence-electron chi connectivity index (χ3n) is 3.91. The van der Waals surface area contributed by atoms with E-state index in [-0.39, 0.29) is 11.3 Å². The lowest BCUT2D eigenvalue weighted by atomic mass is 10.1. The monoisotopic (exact) mass is 388 g/mol. The number of nitrogens with zero attached hydrogens (tertiary/aromatic N) is 2. The molecule has 2 aromatic carbocycles. The molecule has 4 nitrogen and oxygen atoms in total. The van der Waals surface area contributed by atoms with Gasteiger partial charge in [-0.2, -0.15) is 0 Å². The normalized spacial score (nSPS) is 11.7. The molecular weight excluding hydrogens is 377 g/mol. The largest absolute Gasteiger partial charge is 0.573 e. The van der Waals surface area contributed by atoms with Crippen LogP contribution in [0.25, 0.3) is 27.0 Å². The number of hydrogen-bond donors (Lipinski definition) is 0. The molecule has 0 fully saturated rings. The first-order chi connectivity index (χ1) is 12.9. The van der Waals surface area contributed by atoms with Crippen LogP contribution >= 0.6 is 11.3 Å². The number of aromatic nitrogens is 2. The number of alkyl halides is 3. The fourth-order valence-corrected chi connectivity index (χ4v) is 3.68. The molecule has 2 heterocycles. The molecule has 8 heteroatoms. The average molecular weight is 388 g/mol. The van der Waals surface area contributed by atoms with Gasteiger partial charge in [0.1, 0.15) is 16.8 Å². The maximum absolute atomic E-state index is 12.8. The Morgan fingerprint density at radius 2 is 1.70 bits per heavy atom. The number of fused-ring (bicyclic) bond motifs is 1. The molecule has 4 aromatic rings. The van der Waals surface area contributed by atoms with Crippen LogP contribution in [0.2, 0.25) is 0 Å². The smallest absolute Gasteiger partial charge is 0.406 e. The molecule has 4 rings (SSSR count). The predicted molar refractivity (Wildman–Crippen MR) is 97.3 cm³/mol. The quantitative estimate of drug-likeness (QED) is 0.495. The van der Waals surface area contributed by atoms with Crippen molar-refractivity contribution in [1.82, 2.24) is 9.55 Å². The fraction of sp³-hybridized carbons (Fsp3) is 0.0526.